The number of thiophene rings is 1. The standard InChI is InChI=1S/C26H28N4O4S2/c1-5-36(32,33)26-27-14-21(24(29-26)25(31)28-23-18(3)8-6-9-19(23)4)30(15-20-10-7-12-34-20)16-22-17(2)11-13-35-22/h6-14H,5,15-16H2,1-4H3,(H,28,31). The molecule has 0 aliphatic heterocycles. The van der Waals surface area contributed by atoms with Gasteiger partial charge in [0, 0.05) is 10.6 Å². The number of furan rings is 1. The average molecular weight is 525 g/mol. The second-order valence-corrected chi connectivity index (χ2v) is 11.6. The van der Waals surface area contributed by atoms with E-state index < -0.39 is 15.7 Å². The first-order valence-electron chi connectivity index (χ1n) is 11.5. The summed E-state index contributed by atoms with van der Waals surface area (Å²) >= 11 is 1.61. The Labute approximate surface area is 214 Å². The predicted molar refractivity (Wildman–Crippen MR) is 141 cm³/mol. The molecule has 3 aromatic heterocycles. The van der Waals surface area contributed by atoms with Crippen LogP contribution in [0, 0.1) is 20.8 Å². The molecule has 0 unspecified atom stereocenters. The van der Waals surface area contributed by atoms with Gasteiger partial charge >= 0.3 is 0 Å². The number of carbonyl (C=O) groups excluding carboxylic acids is 1. The average Bonchev–Trinajstić information content (AvgIpc) is 3.52. The Bertz CT molecular complexity index is 1460. The van der Waals surface area contributed by atoms with Gasteiger partial charge in [-0.1, -0.05) is 25.1 Å². The molecule has 0 aliphatic carbocycles. The molecule has 1 N–H and O–H groups in total. The first-order chi connectivity index (χ1) is 17.2. The van der Waals surface area contributed by atoms with Gasteiger partial charge in [0.25, 0.3) is 5.91 Å². The number of nitrogens with one attached hydrogen (secondary N) is 1. The molecule has 1 amide bonds. The summed E-state index contributed by atoms with van der Waals surface area (Å²) in [7, 11) is -3.73. The van der Waals surface area contributed by atoms with Gasteiger partial charge in [-0.15, -0.1) is 11.3 Å². The van der Waals surface area contributed by atoms with Crippen LogP contribution in [0.3, 0.4) is 0 Å². The van der Waals surface area contributed by atoms with Crippen molar-refractivity contribution in [3.63, 3.8) is 0 Å². The molecule has 1 aromatic carbocycles. The fourth-order valence-corrected chi connectivity index (χ4v) is 5.40. The summed E-state index contributed by atoms with van der Waals surface area (Å²) in [5.41, 5.74) is 3.97. The largest absolute Gasteiger partial charge is 0.467 e. The van der Waals surface area contributed by atoms with E-state index in [1.165, 1.54) is 13.1 Å². The molecule has 0 fully saturated rings. The Balaban J connectivity index is 1.83. The van der Waals surface area contributed by atoms with Crippen LogP contribution in [-0.2, 0) is 22.9 Å². The minimum absolute atomic E-state index is 0.0135. The number of benzene rings is 1. The van der Waals surface area contributed by atoms with Gasteiger partial charge in [-0.25, -0.2) is 18.4 Å². The van der Waals surface area contributed by atoms with E-state index in [0.29, 0.717) is 30.2 Å². The van der Waals surface area contributed by atoms with Crippen LogP contribution in [0.15, 0.2) is 63.8 Å². The molecule has 4 rings (SSSR count). The van der Waals surface area contributed by atoms with Crippen molar-refractivity contribution in [1.82, 2.24) is 9.97 Å². The zero-order chi connectivity index (χ0) is 25.9. The van der Waals surface area contributed by atoms with Crippen LogP contribution in [0.5, 0.6) is 0 Å². The highest BCUT2D eigenvalue weighted by Crippen LogP contribution is 2.29. The molecular formula is C26H28N4O4S2. The topological polar surface area (TPSA) is 105 Å². The van der Waals surface area contributed by atoms with Gasteiger partial charge in [-0.2, -0.15) is 0 Å². The number of hydrogen-bond donors (Lipinski definition) is 1. The Morgan fingerprint density at radius 1 is 1.06 bits per heavy atom. The van der Waals surface area contributed by atoms with Crippen molar-refractivity contribution in [1.29, 1.82) is 0 Å². The number of aromatic nitrogens is 2. The molecule has 0 saturated carbocycles. The predicted octanol–water partition coefficient (Wildman–Crippen LogP) is 5.31. The number of rotatable bonds is 9. The number of carbonyl (C=O) groups is 1. The summed E-state index contributed by atoms with van der Waals surface area (Å²) in [5.74, 6) is 0.00899. The molecule has 10 heteroatoms. The van der Waals surface area contributed by atoms with Crippen molar-refractivity contribution < 1.29 is 17.6 Å². The fourth-order valence-electron chi connectivity index (χ4n) is 3.78. The first kappa shape index (κ1) is 25.6. The summed E-state index contributed by atoms with van der Waals surface area (Å²) in [5, 5.41) is 4.59. The van der Waals surface area contributed by atoms with E-state index >= 15 is 0 Å². The highest BCUT2D eigenvalue weighted by atomic mass is 32.2. The van der Waals surface area contributed by atoms with E-state index in [2.05, 4.69) is 15.3 Å². The molecule has 0 radical (unpaired) electrons. The lowest BCUT2D eigenvalue weighted by Crippen LogP contribution is -2.28. The van der Waals surface area contributed by atoms with E-state index in [9.17, 15) is 13.2 Å². The van der Waals surface area contributed by atoms with Crippen molar-refractivity contribution in [3.05, 3.63) is 87.3 Å². The van der Waals surface area contributed by atoms with Crippen LogP contribution >= 0.6 is 11.3 Å². The van der Waals surface area contributed by atoms with Crippen molar-refractivity contribution in [2.24, 2.45) is 0 Å². The highest BCUT2D eigenvalue weighted by molar-refractivity contribution is 7.91. The van der Waals surface area contributed by atoms with Gasteiger partial charge in [-0.3, -0.25) is 4.79 Å². The van der Waals surface area contributed by atoms with Gasteiger partial charge in [-0.05, 0) is 61.0 Å². The monoisotopic (exact) mass is 524 g/mol. The number of sulfone groups is 1. The minimum Gasteiger partial charge on any atom is -0.467 e. The van der Waals surface area contributed by atoms with Crippen LogP contribution < -0.4 is 10.2 Å². The zero-order valence-corrected chi connectivity index (χ0v) is 22.2. The van der Waals surface area contributed by atoms with Gasteiger partial charge in [0.15, 0.2) is 5.69 Å². The summed E-state index contributed by atoms with van der Waals surface area (Å²) in [4.78, 5) is 25.1. The highest BCUT2D eigenvalue weighted by Gasteiger charge is 2.26. The van der Waals surface area contributed by atoms with E-state index in [1.807, 2.05) is 61.4 Å². The van der Waals surface area contributed by atoms with Gasteiger partial charge in [0.1, 0.15) is 5.76 Å². The summed E-state index contributed by atoms with van der Waals surface area (Å²) in [6, 6.07) is 11.4. The third-order valence-electron chi connectivity index (χ3n) is 5.91. The Hall–Kier alpha value is -3.50. The van der Waals surface area contributed by atoms with Crippen LogP contribution in [0.4, 0.5) is 11.4 Å². The molecule has 0 saturated heterocycles. The van der Waals surface area contributed by atoms with Gasteiger partial charge in [0.2, 0.25) is 15.0 Å². The molecule has 0 aliphatic rings. The maximum Gasteiger partial charge on any atom is 0.276 e. The number of para-hydroxylation sites is 1. The quantitative estimate of drug-likeness (QED) is 0.296. The SMILES string of the molecule is CCS(=O)(=O)c1ncc(N(Cc2ccco2)Cc2sccc2C)c(C(=O)Nc2c(C)cccc2C)n1. The minimum atomic E-state index is -3.73. The molecule has 188 valence electrons. The second-order valence-electron chi connectivity index (χ2n) is 8.47. The molecular weight excluding hydrogens is 496 g/mol. The van der Waals surface area contributed by atoms with Crippen molar-refractivity contribution in [3.8, 4) is 0 Å². The maximum absolute atomic E-state index is 13.6. The maximum atomic E-state index is 13.6. The molecule has 0 spiro atoms. The number of nitrogens with zero attached hydrogens (tertiary/aromatic N) is 3. The number of anilines is 2. The zero-order valence-electron chi connectivity index (χ0n) is 20.6. The smallest absolute Gasteiger partial charge is 0.276 e. The molecule has 8 nitrogen and oxygen atoms in total. The first-order valence-corrected chi connectivity index (χ1v) is 14.0. The summed E-state index contributed by atoms with van der Waals surface area (Å²) in [6.45, 7) is 8.16. The fraction of sp³-hybridized carbons (Fsp3) is 0.269. The lowest BCUT2D eigenvalue weighted by molar-refractivity contribution is 0.102. The molecule has 0 bridgehead atoms. The van der Waals surface area contributed by atoms with E-state index in [1.54, 1.807) is 23.7 Å². The van der Waals surface area contributed by atoms with Crippen LogP contribution in [-0.4, -0.2) is 30.0 Å². The molecule has 0 atom stereocenters. The van der Waals surface area contributed by atoms with Crippen LogP contribution in [0.2, 0.25) is 0 Å². The molecule has 36 heavy (non-hydrogen) atoms. The van der Waals surface area contributed by atoms with E-state index in [-0.39, 0.29) is 16.6 Å². The summed E-state index contributed by atoms with van der Waals surface area (Å²) < 4.78 is 30.8. The lowest BCUT2D eigenvalue weighted by Gasteiger charge is -2.25. The van der Waals surface area contributed by atoms with Crippen molar-refractivity contribution >= 4 is 38.5 Å². The second kappa shape index (κ2) is 10.6. The van der Waals surface area contributed by atoms with Gasteiger partial charge in [0.05, 0.1) is 37.0 Å². The third kappa shape index (κ3) is 5.50. The number of amides is 1. The normalized spacial score (nSPS) is 11.4. The molecule has 3 heterocycles. The number of hydrogen-bond acceptors (Lipinski definition) is 8. The van der Waals surface area contributed by atoms with Crippen LogP contribution in [0.25, 0.3) is 0 Å². The number of aryl methyl sites for hydroxylation is 3. The Morgan fingerprint density at radius 3 is 2.42 bits per heavy atom. The summed E-state index contributed by atoms with van der Waals surface area (Å²) in [6.07, 6.45) is 3.01. The Morgan fingerprint density at radius 2 is 1.81 bits per heavy atom. The third-order valence-corrected chi connectivity index (χ3v) is 8.43. The lowest BCUT2D eigenvalue weighted by atomic mass is 10.1. The van der Waals surface area contributed by atoms with Crippen molar-refractivity contribution in [2.75, 3.05) is 16.0 Å². The molecule has 4 aromatic rings. The van der Waals surface area contributed by atoms with E-state index in [4.69, 9.17) is 4.42 Å². The van der Waals surface area contributed by atoms with Gasteiger partial charge < -0.3 is 14.6 Å². The van der Waals surface area contributed by atoms with E-state index in [0.717, 1.165) is 21.6 Å². The Kier molecular flexibility index (Phi) is 7.56. The van der Waals surface area contributed by atoms with Crippen LogP contribution in [0.1, 0.15) is 44.7 Å². The van der Waals surface area contributed by atoms with Crippen molar-refractivity contribution in [2.45, 2.75) is 45.9 Å².